The summed E-state index contributed by atoms with van der Waals surface area (Å²) in [6, 6.07) is 6.68. The summed E-state index contributed by atoms with van der Waals surface area (Å²) in [5.74, 6) is -1.67. The van der Waals surface area contributed by atoms with E-state index in [1.165, 1.54) is 0 Å². The smallest absolute Gasteiger partial charge is 0.242 e. The number of aldehydes is 1. The van der Waals surface area contributed by atoms with Crippen molar-refractivity contribution in [1.29, 1.82) is 0 Å². The van der Waals surface area contributed by atoms with Crippen LogP contribution in [-0.4, -0.2) is 22.2 Å². The highest BCUT2D eigenvalue weighted by Crippen LogP contribution is 2.36. The highest BCUT2D eigenvalue weighted by atomic mass is 35.5. The Kier molecular flexibility index (Phi) is 5.32. The molecular weight excluding hydrogens is 275 g/mol. The number of carbonyl (C=O) groups excluding carboxylic acids is 2. The highest BCUT2D eigenvalue weighted by Gasteiger charge is 2.41. The van der Waals surface area contributed by atoms with Gasteiger partial charge in [-0.25, -0.2) is 0 Å². The Balaban J connectivity index is 3.12. The maximum Gasteiger partial charge on any atom is 0.242 e. The summed E-state index contributed by atoms with van der Waals surface area (Å²) in [6.07, 6.45) is 1.25. The molecule has 2 atom stereocenters. The second-order valence-electron chi connectivity index (χ2n) is 4.05. The van der Waals surface area contributed by atoms with Gasteiger partial charge in [-0.2, -0.15) is 0 Å². The van der Waals surface area contributed by atoms with Gasteiger partial charge in [-0.15, -0.1) is 0 Å². The molecule has 0 aliphatic rings. The molecule has 1 rings (SSSR count). The van der Waals surface area contributed by atoms with E-state index in [4.69, 9.17) is 23.2 Å². The predicted octanol–water partition coefficient (Wildman–Crippen LogP) is 2.92. The van der Waals surface area contributed by atoms with Crippen LogP contribution in [0.3, 0.4) is 0 Å². The van der Waals surface area contributed by atoms with Gasteiger partial charge in [0, 0.05) is 10.9 Å². The fourth-order valence-electron chi connectivity index (χ4n) is 1.82. The van der Waals surface area contributed by atoms with Gasteiger partial charge in [0.2, 0.25) is 10.8 Å². The zero-order chi connectivity index (χ0) is 13.8. The zero-order valence-corrected chi connectivity index (χ0v) is 11.4. The number of benzene rings is 1. The summed E-state index contributed by atoms with van der Waals surface area (Å²) in [5.41, 5.74) is 0.675. The van der Waals surface area contributed by atoms with Gasteiger partial charge in [0.05, 0.1) is 0 Å². The Hall–Kier alpha value is -0.900. The van der Waals surface area contributed by atoms with Crippen molar-refractivity contribution in [3.05, 3.63) is 34.9 Å². The van der Waals surface area contributed by atoms with Gasteiger partial charge in [0.25, 0.3) is 0 Å². The van der Waals surface area contributed by atoms with Gasteiger partial charge in [-0.3, -0.25) is 9.59 Å². The molecule has 0 saturated heterocycles. The van der Waals surface area contributed by atoms with Crippen molar-refractivity contribution < 1.29 is 14.7 Å². The number of hydrogen-bond acceptors (Lipinski definition) is 3. The summed E-state index contributed by atoms with van der Waals surface area (Å²) in [6.45, 7) is 1.90. The lowest BCUT2D eigenvalue weighted by atomic mass is 9.87. The maximum atomic E-state index is 11.4. The predicted molar refractivity (Wildman–Crippen MR) is 71.0 cm³/mol. The van der Waals surface area contributed by atoms with E-state index < -0.39 is 16.8 Å². The molecule has 1 aromatic carbocycles. The molecule has 5 heteroatoms. The third kappa shape index (κ3) is 3.31. The van der Waals surface area contributed by atoms with Crippen LogP contribution in [0.5, 0.6) is 0 Å². The average Bonchev–Trinajstić information content (AvgIpc) is 2.36. The molecule has 3 nitrogen and oxygen atoms in total. The molecule has 0 fully saturated rings. The monoisotopic (exact) mass is 288 g/mol. The fourth-order valence-corrected chi connectivity index (χ4v) is 2.22. The van der Waals surface area contributed by atoms with Crippen LogP contribution in [0.1, 0.15) is 31.2 Å². The quantitative estimate of drug-likeness (QED) is 0.497. The van der Waals surface area contributed by atoms with Crippen molar-refractivity contribution in [2.24, 2.45) is 0 Å². The number of aliphatic hydroxyl groups is 1. The van der Waals surface area contributed by atoms with E-state index in [9.17, 15) is 14.7 Å². The first-order chi connectivity index (χ1) is 8.43. The lowest BCUT2D eigenvalue weighted by Crippen LogP contribution is -2.39. The van der Waals surface area contributed by atoms with Crippen molar-refractivity contribution >= 4 is 35.3 Å². The minimum Gasteiger partial charge on any atom is -0.368 e. The van der Waals surface area contributed by atoms with E-state index in [0.29, 0.717) is 23.4 Å². The molecule has 0 spiro atoms. The largest absolute Gasteiger partial charge is 0.368 e. The van der Waals surface area contributed by atoms with Crippen molar-refractivity contribution in [1.82, 2.24) is 0 Å². The van der Waals surface area contributed by atoms with Crippen LogP contribution >= 0.6 is 23.2 Å². The SMILES string of the molecule is CCCC(c1ccc(Cl)cc1)C(O)(Cl)C(=O)C=O. The standard InChI is InChI=1S/C13H14Cl2O3/c1-2-3-11(13(15,18)12(17)8-16)9-4-6-10(14)7-5-9/h4-8,11,18H,2-3H2,1H3. The topological polar surface area (TPSA) is 54.4 Å². The number of hydrogen-bond donors (Lipinski definition) is 1. The molecule has 1 aromatic rings. The summed E-state index contributed by atoms with van der Waals surface area (Å²) in [5, 5.41) is 8.40. The second kappa shape index (κ2) is 6.32. The molecule has 0 amide bonds. The van der Waals surface area contributed by atoms with Gasteiger partial charge in [-0.1, -0.05) is 48.7 Å². The van der Waals surface area contributed by atoms with Gasteiger partial charge >= 0.3 is 0 Å². The minimum atomic E-state index is -2.20. The van der Waals surface area contributed by atoms with Crippen LogP contribution in [0.15, 0.2) is 24.3 Å². The van der Waals surface area contributed by atoms with Crippen LogP contribution in [0, 0.1) is 0 Å². The van der Waals surface area contributed by atoms with Gasteiger partial charge < -0.3 is 5.11 Å². The molecule has 1 N–H and O–H groups in total. The normalized spacial score (nSPS) is 15.8. The number of alkyl halides is 1. The van der Waals surface area contributed by atoms with Crippen LogP contribution in [-0.2, 0) is 9.59 Å². The van der Waals surface area contributed by atoms with Crippen molar-refractivity contribution in [2.75, 3.05) is 0 Å². The van der Waals surface area contributed by atoms with E-state index in [0.717, 1.165) is 0 Å². The Morgan fingerprint density at radius 1 is 1.44 bits per heavy atom. The molecular formula is C13H14Cl2O3. The van der Waals surface area contributed by atoms with Crippen molar-refractivity contribution in [2.45, 2.75) is 30.7 Å². The Labute approximate surface area is 116 Å². The maximum absolute atomic E-state index is 11.4. The summed E-state index contributed by atoms with van der Waals surface area (Å²) in [7, 11) is 0. The minimum absolute atomic E-state index is 0.0472. The summed E-state index contributed by atoms with van der Waals surface area (Å²) < 4.78 is 0. The first-order valence-corrected chi connectivity index (χ1v) is 6.35. The first-order valence-electron chi connectivity index (χ1n) is 5.59. The molecule has 0 aromatic heterocycles. The number of ketones is 1. The Morgan fingerprint density at radius 3 is 2.44 bits per heavy atom. The molecule has 98 valence electrons. The van der Waals surface area contributed by atoms with Crippen LogP contribution in [0.25, 0.3) is 0 Å². The zero-order valence-electron chi connectivity index (χ0n) is 9.90. The third-order valence-electron chi connectivity index (χ3n) is 2.76. The Bertz CT molecular complexity index is 426. The van der Waals surface area contributed by atoms with Gasteiger partial charge in [0.1, 0.15) is 0 Å². The van der Waals surface area contributed by atoms with E-state index in [1.807, 2.05) is 6.92 Å². The fraction of sp³-hybridized carbons (Fsp3) is 0.385. The van der Waals surface area contributed by atoms with E-state index in [-0.39, 0.29) is 6.29 Å². The number of halogens is 2. The summed E-state index contributed by atoms with van der Waals surface area (Å²) in [4.78, 5) is 21.9. The highest BCUT2D eigenvalue weighted by molar-refractivity contribution is 6.46. The van der Waals surface area contributed by atoms with E-state index in [2.05, 4.69) is 0 Å². The molecule has 0 radical (unpaired) electrons. The number of rotatable bonds is 6. The van der Waals surface area contributed by atoms with Crippen LogP contribution in [0.4, 0.5) is 0 Å². The lowest BCUT2D eigenvalue weighted by Gasteiger charge is -2.28. The second-order valence-corrected chi connectivity index (χ2v) is 5.06. The van der Waals surface area contributed by atoms with Gasteiger partial charge in [-0.05, 0) is 24.1 Å². The first kappa shape index (κ1) is 15.2. The number of Topliss-reactive ketones (excluding diaryl/α,β-unsaturated/α-hetero) is 1. The molecule has 0 heterocycles. The third-order valence-corrected chi connectivity index (χ3v) is 3.47. The average molecular weight is 289 g/mol. The van der Waals surface area contributed by atoms with Crippen molar-refractivity contribution in [3.8, 4) is 0 Å². The molecule has 18 heavy (non-hydrogen) atoms. The Morgan fingerprint density at radius 2 is 2.00 bits per heavy atom. The molecule has 0 aliphatic carbocycles. The van der Waals surface area contributed by atoms with Gasteiger partial charge in [0.15, 0.2) is 6.29 Å². The van der Waals surface area contributed by atoms with E-state index in [1.54, 1.807) is 24.3 Å². The van der Waals surface area contributed by atoms with Crippen molar-refractivity contribution in [3.63, 3.8) is 0 Å². The molecule has 2 unspecified atom stereocenters. The number of carbonyl (C=O) groups is 2. The lowest BCUT2D eigenvalue weighted by molar-refractivity contribution is -0.139. The molecule has 0 aliphatic heterocycles. The van der Waals surface area contributed by atoms with Crippen LogP contribution in [0.2, 0.25) is 5.02 Å². The van der Waals surface area contributed by atoms with E-state index >= 15 is 0 Å². The van der Waals surface area contributed by atoms with Crippen LogP contribution < -0.4 is 0 Å². The molecule has 0 saturated carbocycles. The molecule has 0 bridgehead atoms. The summed E-state index contributed by atoms with van der Waals surface area (Å²) >= 11 is 11.6.